The van der Waals surface area contributed by atoms with Gasteiger partial charge < -0.3 is 5.11 Å². The molecule has 0 spiro atoms. The third kappa shape index (κ3) is 2.80. The lowest BCUT2D eigenvalue weighted by atomic mass is 10.1. The zero-order valence-corrected chi connectivity index (χ0v) is 11.8. The van der Waals surface area contributed by atoms with Crippen LogP contribution in [-0.4, -0.2) is 25.8 Å². The van der Waals surface area contributed by atoms with E-state index in [1.165, 1.54) is 28.9 Å². The van der Waals surface area contributed by atoms with Gasteiger partial charge in [0.1, 0.15) is 0 Å². The van der Waals surface area contributed by atoms with E-state index in [2.05, 4.69) is 5.10 Å². The Labute approximate surface area is 130 Å². The molecule has 7 nitrogen and oxygen atoms in total. The van der Waals surface area contributed by atoms with Gasteiger partial charge in [-0.1, -0.05) is 18.2 Å². The van der Waals surface area contributed by atoms with E-state index in [0.29, 0.717) is 11.1 Å². The number of carboxylic acids is 1. The number of nitro benzene ring substituents is 1. The topological polar surface area (TPSA) is 98.3 Å². The van der Waals surface area contributed by atoms with Crippen LogP contribution in [0.4, 0.5) is 5.69 Å². The molecular weight excluding hydrogens is 298 g/mol. The van der Waals surface area contributed by atoms with Crippen LogP contribution in [0.2, 0.25) is 0 Å². The first kappa shape index (κ1) is 14.5. The third-order valence-corrected chi connectivity index (χ3v) is 3.33. The minimum Gasteiger partial charge on any atom is -0.476 e. The number of nitrogens with zero attached hydrogens (tertiary/aromatic N) is 3. The average Bonchev–Trinajstić information content (AvgIpc) is 3.01. The highest BCUT2D eigenvalue weighted by Crippen LogP contribution is 2.26. The van der Waals surface area contributed by atoms with Crippen LogP contribution in [0.25, 0.3) is 16.8 Å². The third-order valence-electron chi connectivity index (χ3n) is 3.33. The summed E-state index contributed by atoms with van der Waals surface area (Å²) in [4.78, 5) is 21.6. The zero-order valence-electron chi connectivity index (χ0n) is 11.8. The highest BCUT2D eigenvalue weighted by atomic mass is 16.6. The first-order valence-electron chi connectivity index (χ1n) is 6.69. The van der Waals surface area contributed by atoms with Gasteiger partial charge >= 0.3 is 5.97 Å². The van der Waals surface area contributed by atoms with Crippen molar-refractivity contribution in [2.24, 2.45) is 0 Å². The van der Waals surface area contributed by atoms with E-state index in [9.17, 15) is 20.0 Å². The largest absolute Gasteiger partial charge is 0.476 e. The molecule has 0 atom stereocenters. The van der Waals surface area contributed by atoms with E-state index < -0.39 is 10.9 Å². The van der Waals surface area contributed by atoms with Gasteiger partial charge in [-0.2, -0.15) is 5.10 Å². The first-order valence-corrected chi connectivity index (χ1v) is 6.69. The molecule has 2 aromatic carbocycles. The number of hydrogen-bond donors (Lipinski definition) is 1. The zero-order chi connectivity index (χ0) is 16.4. The van der Waals surface area contributed by atoms with E-state index in [1.807, 2.05) is 18.2 Å². The average molecular weight is 309 g/mol. The van der Waals surface area contributed by atoms with Crippen molar-refractivity contribution >= 4 is 11.7 Å². The first-order chi connectivity index (χ1) is 11.1. The summed E-state index contributed by atoms with van der Waals surface area (Å²) in [5.41, 5.74) is 1.51. The standard InChI is InChI=1S/C16H11N3O4/c20-16(21)15-14(11-6-8-13(9-7-11)19(22)23)10-18(17-15)12-4-2-1-3-5-12/h1-10H,(H,20,21). The van der Waals surface area contributed by atoms with E-state index >= 15 is 0 Å². The highest BCUT2D eigenvalue weighted by Gasteiger charge is 2.18. The molecule has 0 saturated heterocycles. The molecule has 0 aliphatic carbocycles. The van der Waals surface area contributed by atoms with Gasteiger partial charge in [-0.05, 0) is 29.8 Å². The molecule has 7 heteroatoms. The maximum atomic E-state index is 11.4. The highest BCUT2D eigenvalue weighted by molar-refractivity contribution is 5.94. The quantitative estimate of drug-likeness (QED) is 0.589. The normalized spacial score (nSPS) is 10.4. The van der Waals surface area contributed by atoms with Crippen LogP contribution < -0.4 is 0 Å². The number of carboxylic acid groups (broad SMARTS) is 1. The summed E-state index contributed by atoms with van der Waals surface area (Å²) in [5.74, 6) is -1.16. The van der Waals surface area contributed by atoms with Crippen molar-refractivity contribution in [1.29, 1.82) is 0 Å². The van der Waals surface area contributed by atoms with Gasteiger partial charge in [0.25, 0.3) is 5.69 Å². The molecule has 114 valence electrons. The van der Waals surface area contributed by atoms with Crippen molar-refractivity contribution in [3.05, 3.63) is 76.6 Å². The number of non-ortho nitro benzene ring substituents is 1. The van der Waals surface area contributed by atoms with Crippen molar-refractivity contribution < 1.29 is 14.8 Å². The lowest BCUT2D eigenvalue weighted by Crippen LogP contribution is -2.01. The molecule has 0 aliphatic heterocycles. The summed E-state index contributed by atoms with van der Waals surface area (Å²) < 4.78 is 1.47. The fourth-order valence-electron chi connectivity index (χ4n) is 2.22. The van der Waals surface area contributed by atoms with Crippen molar-refractivity contribution in [2.45, 2.75) is 0 Å². The van der Waals surface area contributed by atoms with Crippen molar-refractivity contribution in [2.75, 3.05) is 0 Å². The summed E-state index contributed by atoms with van der Waals surface area (Å²) in [5, 5.41) is 24.2. The van der Waals surface area contributed by atoms with Gasteiger partial charge in [-0.25, -0.2) is 9.48 Å². The SMILES string of the molecule is O=C(O)c1nn(-c2ccccc2)cc1-c1ccc([N+](=O)[O-])cc1. The number of rotatable bonds is 4. The summed E-state index contributed by atoms with van der Waals surface area (Å²) >= 11 is 0. The van der Waals surface area contributed by atoms with Crippen LogP contribution in [0.3, 0.4) is 0 Å². The summed E-state index contributed by atoms with van der Waals surface area (Å²) in [7, 11) is 0. The Kier molecular flexibility index (Phi) is 3.60. The molecule has 0 bridgehead atoms. The second kappa shape index (κ2) is 5.72. The van der Waals surface area contributed by atoms with E-state index in [4.69, 9.17) is 0 Å². The van der Waals surface area contributed by atoms with Crippen LogP contribution in [0.5, 0.6) is 0 Å². The monoisotopic (exact) mass is 309 g/mol. The van der Waals surface area contributed by atoms with E-state index in [-0.39, 0.29) is 11.4 Å². The molecule has 0 saturated carbocycles. The second-order valence-corrected chi connectivity index (χ2v) is 4.78. The fourth-order valence-corrected chi connectivity index (χ4v) is 2.22. The second-order valence-electron chi connectivity index (χ2n) is 4.78. The lowest BCUT2D eigenvalue weighted by molar-refractivity contribution is -0.384. The summed E-state index contributed by atoms with van der Waals surface area (Å²) in [6.45, 7) is 0. The summed E-state index contributed by atoms with van der Waals surface area (Å²) in [6, 6.07) is 14.8. The molecule has 0 amide bonds. The Morgan fingerprint density at radius 3 is 2.30 bits per heavy atom. The number of para-hydroxylation sites is 1. The van der Waals surface area contributed by atoms with Gasteiger partial charge in [-0.3, -0.25) is 10.1 Å². The van der Waals surface area contributed by atoms with Crippen LogP contribution >= 0.6 is 0 Å². The van der Waals surface area contributed by atoms with Crippen molar-refractivity contribution in [1.82, 2.24) is 9.78 Å². The predicted octanol–water partition coefficient (Wildman–Crippen LogP) is 3.15. The van der Waals surface area contributed by atoms with Crippen LogP contribution in [0.1, 0.15) is 10.5 Å². The number of nitro groups is 1. The Morgan fingerprint density at radius 2 is 1.74 bits per heavy atom. The van der Waals surface area contributed by atoms with Crippen LogP contribution in [-0.2, 0) is 0 Å². The van der Waals surface area contributed by atoms with Crippen molar-refractivity contribution in [3.8, 4) is 16.8 Å². The molecule has 23 heavy (non-hydrogen) atoms. The molecule has 1 heterocycles. The number of benzene rings is 2. The minimum atomic E-state index is -1.16. The molecule has 3 aromatic rings. The van der Waals surface area contributed by atoms with Gasteiger partial charge in [0.15, 0.2) is 5.69 Å². The molecule has 3 rings (SSSR count). The Morgan fingerprint density at radius 1 is 1.09 bits per heavy atom. The Hall–Kier alpha value is -3.48. The minimum absolute atomic E-state index is 0.0546. The molecule has 0 fully saturated rings. The van der Waals surface area contributed by atoms with E-state index in [0.717, 1.165) is 5.69 Å². The number of aromatic carboxylic acids is 1. The number of hydrogen-bond acceptors (Lipinski definition) is 4. The fraction of sp³-hybridized carbons (Fsp3) is 0. The molecule has 1 N–H and O–H groups in total. The number of aromatic nitrogens is 2. The molecule has 0 radical (unpaired) electrons. The maximum absolute atomic E-state index is 11.4. The van der Waals surface area contributed by atoms with Gasteiger partial charge in [0, 0.05) is 23.9 Å². The Bertz CT molecular complexity index is 870. The molecular formula is C16H11N3O4. The van der Waals surface area contributed by atoms with Gasteiger partial charge in [-0.15, -0.1) is 0 Å². The van der Waals surface area contributed by atoms with Gasteiger partial charge in [0.05, 0.1) is 10.6 Å². The van der Waals surface area contributed by atoms with Crippen molar-refractivity contribution in [3.63, 3.8) is 0 Å². The summed E-state index contributed by atoms with van der Waals surface area (Å²) in [6.07, 6.45) is 1.60. The van der Waals surface area contributed by atoms with Gasteiger partial charge in [0.2, 0.25) is 0 Å². The molecule has 1 aromatic heterocycles. The Balaban J connectivity index is 2.09. The maximum Gasteiger partial charge on any atom is 0.357 e. The smallest absolute Gasteiger partial charge is 0.357 e. The lowest BCUT2D eigenvalue weighted by Gasteiger charge is -1.99. The number of carbonyl (C=O) groups is 1. The molecule has 0 aliphatic rings. The van der Waals surface area contributed by atoms with E-state index in [1.54, 1.807) is 18.3 Å². The van der Waals surface area contributed by atoms with Crippen LogP contribution in [0, 0.1) is 10.1 Å². The van der Waals surface area contributed by atoms with Crippen LogP contribution in [0.15, 0.2) is 60.8 Å². The predicted molar refractivity (Wildman–Crippen MR) is 82.6 cm³/mol. The molecule has 0 unspecified atom stereocenters.